The fraction of sp³-hybridized carbons (Fsp3) is 0.0714. The number of nitrogens with zero attached hydrogens (tertiary/aromatic N) is 1. The molecule has 1 heterocycles. The SMILES string of the molecule is CNC(=O)c1cc(NC(=O)c2ccc(Cl)nc2)ccc1Cl. The van der Waals surface area contributed by atoms with Crippen LogP contribution in [0.5, 0.6) is 0 Å². The number of hydrogen-bond acceptors (Lipinski definition) is 3. The molecule has 2 aromatic rings. The van der Waals surface area contributed by atoms with Gasteiger partial charge in [0.25, 0.3) is 11.8 Å². The maximum absolute atomic E-state index is 12.0. The molecule has 2 rings (SSSR count). The van der Waals surface area contributed by atoms with Gasteiger partial charge in [-0.15, -0.1) is 0 Å². The van der Waals surface area contributed by atoms with Gasteiger partial charge in [0, 0.05) is 18.9 Å². The van der Waals surface area contributed by atoms with E-state index in [2.05, 4.69) is 15.6 Å². The minimum Gasteiger partial charge on any atom is -0.355 e. The Balaban J connectivity index is 2.21. The molecule has 0 radical (unpaired) electrons. The standard InChI is InChI=1S/C14H11Cl2N3O2/c1-17-14(21)10-6-9(3-4-11(10)15)19-13(20)8-2-5-12(16)18-7-8/h2-7H,1H3,(H,17,21)(H,19,20). The number of benzene rings is 1. The zero-order chi connectivity index (χ0) is 15.4. The molecule has 0 atom stereocenters. The van der Waals surface area contributed by atoms with Crippen LogP contribution in [0.3, 0.4) is 0 Å². The van der Waals surface area contributed by atoms with Crippen molar-refractivity contribution < 1.29 is 9.59 Å². The number of aromatic nitrogens is 1. The Bertz CT molecular complexity index is 687. The average Bonchev–Trinajstić information content (AvgIpc) is 2.49. The normalized spacial score (nSPS) is 10.0. The van der Waals surface area contributed by atoms with Crippen molar-refractivity contribution in [3.8, 4) is 0 Å². The van der Waals surface area contributed by atoms with E-state index in [0.29, 0.717) is 21.4 Å². The molecule has 108 valence electrons. The summed E-state index contributed by atoms with van der Waals surface area (Å²) in [5, 5.41) is 5.75. The third-order valence-corrected chi connectivity index (χ3v) is 3.24. The van der Waals surface area contributed by atoms with E-state index in [4.69, 9.17) is 23.2 Å². The summed E-state index contributed by atoms with van der Waals surface area (Å²) >= 11 is 11.6. The molecule has 0 bridgehead atoms. The molecular weight excluding hydrogens is 313 g/mol. The topological polar surface area (TPSA) is 71.1 Å². The molecule has 2 N–H and O–H groups in total. The summed E-state index contributed by atoms with van der Waals surface area (Å²) < 4.78 is 0. The van der Waals surface area contributed by atoms with Crippen molar-refractivity contribution in [1.82, 2.24) is 10.3 Å². The van der Waals surface area contributed by atoms with Gasteiger partial charge in [0.2, 0.25) is 0 Å². The summed E-state index contributed by atoms with van der Waals surface area (Å²) in [4.78, 5) is 27.5. The van der Waals surface area contributed by atoms with Crippen molar-refractivity contribution >= 4 is 40.7 Å². The van der Waals surface area contributed by atoms with Gasteiger partial charge >= 0.3 is 0 Å². The van der Waals surface area contributed by atoms with Crippen molar-refractivity contribution in [3.63, 3.8) is 0 Å². The summed E-state index contributed by atoms with van der Waals surface area (Å²) in [6, 6.07) is 7.73. The van der Waals surface area contributed by atoms with E-state index >= 15 is 0 Å². The number of amides is 2. The number of rotatable bonds is 3. The fourth-order valence-corrected chi connectivity index (χ4v) is 1.94. The summed E-state index contributed by atoms with van der Waals surface area (Å²) in [7, 11) is 1.50. The zero-order valence-electron chi connectivity index (χ0n) is 11.0. The maximum atomic E-state index is 12.0. The van der Waals surface area contributed by atoms with Crippen molar-refractivity contribution in [3.05, 3.63) is 57.8 Å². The van der Waals surface area contributed by atoms with Crippen LogP contribution in [-0.2, 0) is 0 Å². The van der Waals surface area contributed by atoms with Crippen LogP contribution >= 0.6 is 23.2 Å². The van der Waals surface area contributed by atoms with Crippen LogP contribution in [0, 0.1) is 0 Å². The lowest BCUT2D eigenvalue weighted by Gasteiger charge is -2.08. The number of pyridine rings is 1. The minimum atomic E-state index is -0.357. The Labute approximate surface area is 131 Å². The van der Waals surface area contributed by atoms with E-state index in [1.807, 2.05) is 0 Å². The third-order valence-electron chi connectivity index (χ3n) is 2.69. The van der Waals surface area contributed by atoms with Crippen LogP contribution in [0.1, 0.15) is 20.7 Å². The Hall–Kier alpha value is -2.11. The van der Waals surface area contributed by atoms with E-state index in [1.54, 1.807) is 18.2 Å². The largest absolute Gasteiger partial charge is 0.355 e. The lowest BCUT2D eigenvalue weighted by atomic mass is 10.1. The van der Waals surface area contributed by atoms with Crippen molar-refractivity contribution in [2.45, 2.75) is 0 Å². The monoisotopic (exact) mass is 323 g/mol. The second-order valence-corrected chi connectivity index (χ2v) is 4.89. The number of anilines is 1. The van der Waals surface area contributed by atoms with Crippen LogP contribution in [0.2, 0.25) is 10.2 Å². The first kappa shape index (κ1) is 15.3. The van der Waals surface area contributed by atoms with Gasteiger partial charge < -0.3 is 10.6 Å². The Morgan fingerprint density at radius 2 is 1.86 bits per heavy atom. The highest BCUT2D eigenvalue weighted by Crippen LogP contribution is 2.21. The summed E-state index contributed by atoms with van der Waals surface area (Å²) in [5.41, 5.74) is 1.10. The summed E-state index contributed by atoms with van der Waals surface area (Å²) in [6.45, 7) is 0. The molecule has 0 aliphatic heterocycles. The molecule has 1 aromatic heterocycles. The quantitative estimate of drug-likeness (QED) is 0.853. The van der Waals surface area contributed by atoms with Crippen LogP contribution in [-0.4, -0.2) is 23.8 Å². The van der Waals surface area contributed by atoms with Gasteiger partial charge in [0.05, 0.1) is 16.1 Å². The molecule has 0 aliphatic carbocycles. The molecule has 1 aromatic carbocycles. The molecule has 0 saturated carbocycles. The summed E-state index contributed by atoms with van der Waals surface area (Å²) in [6.07, 6.45) is 1.37. The summed E-state index contributed by atoms with van der Waals surface area (Å²) in [5.74, 6) is -0.686. The van der Waals surface area contributed by atoms with Gasteiger partial charge in [-0.3, -0.25) is 9.59 Å². The van der Waals surface area contributed by atoms with Gasteiger partial charge in [-0.05, 0) is 30.3 Å². The first-order valence-electron chi connectivity index (χ1n) is 5.96. The number of halogens is 2. The predicted octanol–water partition coefficient (Wildman–Crippen LogP) is 3.00. The highest BCUT2D eigenvalue weighted by molar-refractivity contribution is 6.34. The van der Waals surface area contributed by atoms with Crippen LogP contribution < -0.4 is 10.6 Å². The first-order chi connectivity index (χ1) is 10.0. The Kier molecular flexibility index (Phi) is 4.77. The molecular formula is C14H11Cl2N3O2. The lowest BCUT2D eigenvalue weighted by molar-refractivity contribution is 0.0961. The number of nitrogens with one attached hydrogen (secondary N) is 2. The van der Waals surface area contributed by atoms with Gasteiger partial charge in [-0.2, -0.15) is 0 Å². The van der Waals surface area contributed by atoms with E-state index in [1.165, 1.54) is 25.4 Å². The highest BCUT2D eigenvalue weighted by Gasteiger charge is 2.12. The van der Waals surface area contributed by atoms with E-state index < -0.39 is 0 Å². The highest BCUT2D eigenvalue weighted by atomic mass is 35.5. The maximum Gasteiger partial charge on any atom is 0.257 e. The lowest BCUT2D eigenvalue weighted by Crippen LogP contribution is -2.19. The fourth-order valence-electron chi connectivity index (χ4n) is 1.63. The van der Waals surface area contributed by atoms with Crippen LogP contribution in [0.15, 0.2) is 36.5 Å². The second-order valence-electron chi connectivity index (χ2n) is 4.10. The van der Waals surface area contributed by atoms with Crippen molar-refractivity contribution in [2.24, 2.45) is 0 Å². The molecule has 21 heavy (non-hydrogen) atoms. The first-order valence-corrected chi connectivity index (χ1v) is 6.71. The van der Waals surface area contributed by atoms with Gasteiger partial charge in [-0.25, -0.2) is 4.98 Å². The van der Waals surface area contributed by atoms with Gasteiger partial charge in [0.15, 0.2) is 0 Å². The molecule has 5 nitrogen and oxygen atoms in total. The van der Waals surface area contributed by atoms with Gasteiger partial charge in [0.1, 0.15) is 5.15 Å². The number of hydrogen-bond donors (Lipinski definition) is 2. The molecule has 0 fully saturated rings. The molecule has 0 spiro atoms. The third kappa shape index (κ3) is 3.71. The number of carbonyl (C=O) groups excluding carboxylic acids is 2. The molecule has 0 aliphatic rings. The number of carbonyl (C=O) groups is 2. The Morgan fingerprint density at radius 1 is 1.10 bits per heavy atom. The van der Waals surface area contributed by atoms with E-state index in [-0.39, 0.29) is 17.4 Å². The van der Waals surface area contributed by atoms with Crippen LogP contribution in [0.4, 0.5) is 5.69 Å². The molecule has 0 saturated heterocycles. The van der Waals surface area contributed by atoms with E-state index in [9.17, 15) is 9.59 Å². The Morgan fingerprint density at radius 3 is 2.48 bits per heavy atom. The molecule has 2 amide bonds. The minimum absolute atomic E-state index is 0.284. The van der Waals surface area contributed by atoms with Crippen LogP contribution in [0.25, 0.3) is 0 Å². The second kappa shape index (κ2) is 6.56. The van der Waals surface area contributed by atoms with E-state index in [0.717, 1.165) is 0 Å². The molecule has 7 heteroatoms. The van der Waals surface area contributed by atoms with Crippen molar-refractivity contribution in [2.75, 3.05) is 12.4 Å². The smallest absolute Gasteiger partial charge is 0.257 e. The molecule has 0 unspecified atom stereocenters. The average molecular weight is 324 g/mol. The predicted molar refractivity (Wildman–Crippen MR) is 82.0 cm³/mol. The zero-order valence-corrected chi connectivity index (χ0v) is 12.5. The van der Waals surface area contributed by atoms with Crippen molar-refractivity contribution in [1.29, 1.82) is 0 Å². The van der Waals surface area contributed by atoms with Gasteiger partial charge in [-0.1, -0.05) is 23.2 Å².